The Labute approximate surface area is 427 Å². The molecule has 0 unspecified atom stereocenters. The lowest BCUT2D eigenvalue weighted by molar-refractivity contribution is 1.18. The maximum atomic E-state index is 2.61. The van der Waals surface area contributed by atoms with Crippen LogP contribution in [-0.2, 0) is 0 Å². The molecule has 0 amide bonds. The van der Waals surface area contributed by atoms with Gasteiger partial charge in [-0.15, -0.1) is 0 Å². The van der Waals surface area contributed by atoms with E-state index in [0.717, 1.165) is 17.1 Å². The van der Waals surface area contributed by atoms with Crippen molar-refractivity contribution in [3.8, 4) is 17.1 Å². The van der Waals surface area contributed by atoms with Gasteiger partial charge in [-0.3, -0.25) is 0 Å². The maximum absolute atomic E-state index is 2.61. The van der Waals surface area contributed by atoms with Crippen molar-refractivity contribution in [2.45, 2.75) is 0 Å². The summed E-state index contributed by atoms with van der Waals surface area (Å²) in [6.07, 6.45) is 0. The molecule has 0 saturated heterocycles. The molecule has 19 aromatic rings. The Morgan fingerprint density at radius 3 is 0.640 bits per heavy atom. The van der Waals surface area contributed by atoms with Gasteiger partial charge in [0.25, 0.3) is 0 Å². The van der Waals surface area contributed by atoms with Gasteiger partial charge in [-0.25, -0.2) is 0 Å². The van der Waals surface area contributed by atoms with Crippen molar-refractivity contribution in [2.75, 3.05) is 0 Å². The van der Waals surface area contributed by atoms with Crippen LogP contribution in [0.4, 0.5) is 0 Å². The molecule has 0 atom stereocenters. The summed E-state index contributed by atoms with van der Waals surface area (Å²) in [4.78, 5) is 0. The molecule has 0 radical (unpaired) electrons. The molecule has 0 N–H and O–H groups in total. The number of nitrogens with zero attached hydrogens (tertiary/aromatic N) is 3. The van der Waals surface area contributed by atoms with Crippen LogP contribution in [0.25, 0.3) is 179 Å². The first-order chi connectivity index (χ1) is 37.2. The molecular weight excluding hydrogens is 907 g/mol. The van der Waals surface area contributed by atoms with Gasteiger partial charge in [-0.2, -0.15) is 0 Å². The molecule has 0 saturated carbocycles. The van der Waals surface area contributed by atoms with Crippen LogP contribution in [0.2, 0.25) is 0 Å². The van der Waals surface area contributed by atoms with Crippen LogP contribution in [-0.4, -0.2) is 13.7 Å². The lowest BCUT2D eigenvalue weighted by Crippen LogP contribution is -1.99. The van der Waals surface area contributed by atoms with E-state index in [1.807, 2.05) is 0 Å². The number of benzene rings is 16. The van der Waals surface area contributed by atoms with Crippen molar-refractivity contribution in [3.63, 3.8) is 0 Å². The zero-order valence-electron chi connectivity index (χ0n) is 40.4. The third kappa shape index (κ3) is 4.78. The standard InChI is InChI=1S/C72H39N3/c1-4-19-58-55(16-1)67-70(73(58)52-34-46-28-22-40-10-7-11-41-23-29-47(35-52)64(46)61(40)41)68-57-18-3-6-21-60(57)75(54-38-50-32-26-44-14-9-15-45-27-33-51(39-54)66(50)63(44)45)72(68)69-56-17-2-5-20-59(56)74(71(67)69)53-36-48-30-24-42-12-8-13-43-25-31-49(37-53)65(48)62(42)43/h1-39H. The maximum Gasteiger partial charge on any atom is 0.0663 e. The number of para-hydroxylation sites is 3. The van der Waals surface area contributed by atoms with E-state index in [4.69, 9.17) is 0 Å². The molecule has 0 bridgehead atoms. The van der Waals surface area contributed by atoms with Crippen molar-refractivity contribution in [3.05, 3.63) is 237 Å². The molecule has 16 aromatic carbocycles. The number of hydrogen-bond acceptors (Lipinski definition) is 0. The first kappa shape index (κ1) is 38.7. The van der Waals surface area contributed by atoms with Crippen molar-refractivity contribution < 1.29 is 0 Å². The third-order valence-corrected chi connectivity index (χ3v) is 17.5. The molecule has 0 aliphatic rings. The number of aromatic nitrogens is 3. The Kier molecular flexibility index (Phi) is 6.99. The summed E-state index contributed by atoms with van der Waals surface area (Å²) < 4.78 is 7.84. The molecule has 0 fully saturated rings. The van der Waals surface area contributed by atoms with Crippen LogP contribution in [0, 0.1) is 0 Å². The summed E-state index contributed by atoms with van der Waals surface area (Å²) in [6, 6.07) is 90.0. The predicted octanol–water partition coefficient (Wildman–Crippen LogP) is 19.7. The second kappa shape index (κ2) is 13.6. The lowest BCUT2D eigenvalue weighted by atomic mass is 9.94. The number of hydrogen-bond donors (Lipinski definition) is 0. The summed E-state index contributed by atoms with van der Waals surface area (Å²) in [6.45, 7) is 0. The van der Waals surface area contributed by atoms with Crippen LogP contribution in [0.15, 0.2) is 237 Å². The summed E-state index contributed by atoms with van der Waals surface area (Å²) in [5.74, 6) is 0. The molecule has 75 heavy (non-hydrogen) atoms. The fraction of sp³-hybridized carbons (Fsp3) is 0. The van der Waals surface area contributed by atoms with Gasteiger partial charge in [0.15, 0.2) is 0 Å². The molecule has 19 rings (SSSR count). The van der Waals surface area contributed by atoms with Gasteiger partial charge in [-0.05, 0) is 152 Å². The van der Waals surface area contributed by atoms with Gasteiger partial charge in [0.2, 0.25) is 0 Å². The fourth-order valence-corrected chi connectivity index (χ4v) is 14.6. The van der Waals surface area contributed by atoms with E-state index in [-0.39, 0.29) is 0 Å². The van der Waals surface area contributed by atoms with Crippen molar-refractivity contribution in [1.29, 1.82) is 0 Å². The third-order valence-electron chi connectivity index (χ3n) is 17.5. The normalized spacial score (nSPS) is 12.8. The van der Waals surface area contributed by atoms with Crippen LogP contribution in [0.5, 0.6) is 0 Å². The second-order valence-electron chi connectivity index (χ2n) is 21.2. The SMILES string of the molecule is c1cc2ccc3cc(-n4c5ccccc5c5c4c4c6ccccc6n(-c6cc7ccc8cccc9ccc(c6)c7c89)c4c4c6ccccc6n(-c6cc7ccc8cccc9ccc(c6)c7c89)c54)cc4ccc(c1)c2c34. The molecule has 3 heterocycles. The van der Waals surface area contributed by atoms with Gasteiger partial charge in [0, 0.05) is 49.4 Å². The monoisotopic (exact) mass is 945 g/mol. The highest BCUT2D eigenvalue weighted by Gasteiger charge is 2.30. The first-order valence-corrected chi connectivity index (χ1v) is 26.2. The Bertz CT molecular complexity index is 4940. The molecule has 342 valence electrons. The molecule has 3 heteroatoms. The Hall–Kier alpha value is -9.96. The largest absolute Gasteiger partial charge is 0.308 e. The van der Waals surface area contributed by atoms with Crippen LogP contribution >= 0.6 is 0 Å². The molecule has 3 nitrogen and oxygen atoms in total. The van der Waals surface area contributed by atoms with Gasteiger partial charge < -0.3 is 13.7 Å². The van der Waals surface area contributed by atoms with Crippen molar-refractivity contribution in [2.24, 2.45) is 0 Å². The minimum Gasteiger partial charge on any atom is -0.308 e. The summed E-state index contributed by atoms with van der Waals surface area (Å²) in [5.41, 5.74) is 10.6. The zero-order valence-corrected chi connectivity index (χ0v) is 40.4. The first-order valence-electron chi connectivity index (χ1n) is 26.2. The van der Waals surface area contributed by atoms with E-state index in [1.165, 1.54) is 162 Å². The zero-order chi connectivity index (χ0) is 48.4. The average Bonchev–Trinajstić information content (AvgIpc) is 4.31. The molecule has 0 spiro atoms. The van der Waals surface area contributed by atoms with Gasteiger partial charge >= 0.3 is 0 Å². The lowest BCUT2D eigenvalue weighted by Gasteiger charge is -2.17. The highest BCUT2D eigenvalue weighted by Crippen LogP contribution is 2.52. The fourth-order valence-electron chi connectivity index (χ4n) is 14.6. The van der Waals surface area contributed by atoms with Crippen molar-refractivity contribution in [1.82, 2.24) is 13.7 Å². The van der Waals surface area contributed by atoms with E-state index >= 15 is 0 Å². The second-order valence-corrected chi connectivity index (χ2v) is 21.2. The highest BCUT2D eigenvalue weighted by atomic mass is 15.0. The minimum atomic E-state index is 1.15. The van der Waals surface area contributed by atoms with Gasteiger partial charge in [-0.1, -0.05) is 182 Å². The van der Waals surface area contributed by atoms with Gasteiger partial charge in [0.05, 0.1) is 33.1 Å². The molecule has 0 aliphatic heterocycles. The molecular formula is C72H39N3. The van der Waals surface area contributed by atoms with Crippen LogP contribution in [0.1, 0.15) is 0 Å². The number of fused-ring (bicyclic) bond motifs is 12. The Morgan fingerprint density at radius 1 is 0.173 bits per heavy atom. The highest BCUT2D eigenvalue weighted by molar-refractivity contribution is 6.41. The summed E-state index contributed by atoms with van der Waals surface area (Å²) in [5, 5.41) is 30.5. The average molecular weight is 946 g/mol. The molecule has 0 aliphatic carbocycles. The molecule has 3 aromatic heterocycles. The Morgan fingerprint density at radius 2 is 0.387 bits per heavy atom. The van der Waals surface area contributed by atoms with E-state index in [0.29, 0.717) is 0 Å². The van der Waals surface area contributed by atoms with E-state index in [1.54, 1.807) is 0 Å². The summed E-state index contributed by atoms with van der Waals surface area (Å²) >= 11 is 0. The van der Waals surface area contributed by atoms with E-state index < -0.39 is 0 Å². The topological polar surface area (TPSA) is 14.8 Å². The minimum absolute atomic E-state index is 1.15. The predicted molar refractivity (Wildman–Crippen MR) is 321 cm³/mol. The van der Waals surface area contributed by atoms with Crippen molar-refractivity contribution >= 4 is 162 Å². The Balaban J connectivity index is 1.05. The quantitative estimate of drug-likeness (QED) is 0.157. The van der Waals surface area contributed by atoms with E-state index in [9.17, 15) is 0 Å². The smallest absolute Gasteiger partial charge is 0.0663 e. The van der Waals surface area contributed by atoms with Gasteiger partial charge in [0.1, 0.15) is 0 Å². The van der Waals surface area contributed by atoms with Crippen LogP contribution in [0.3, 0.4) is 0 Å². The van der Waals surface area contributed by atoms with E-state index in [2.05, 4.69) is 250 Å². The number of rotatable bonds is 3. The van der Waals surface area contributed by atoms with Crippen LogP contribution < -0.4 is 0 Å². The summed E-state index contributed by atoms with van der Waals surface area (Å²) in [7, 11) is 0.